The van der Waals surface area contributed by atoms with Crippen LogP contribution in [0.1, 0.15) is 30.9 Å². The molecule has 1 unspecified atom stereocenters. The van der Waals surface area contributed by atoms with Gasteiger partial charge in [-0.1, -0.05) is 0 Å². The summed E-state index contributed by atoms with van der Waals surface area (Å²) in [6.45, 7) is 1.67. The van der Waals surface area contributed by atoms with Crippen molar-refractivity contribution in [2.24, 2.45) is 0 Å². The third-order valence-electron chi connectivity index (χ3n) is 6.63. The smallest absolute Gasteiger partial charge is 0.423 e. The Morgan fingerprint density at radius 1 is 1.28 bits per heavy atom. The predicted molar refractivity (Wildman–Crippen MR) is 125 cm³/mol. The van der Waals surface area contributed by atoms with Crippen molar-refractivity contribution >= 4 is 17.4 Å². The lowest BCUT2D eigenvalue weighted by Gasteiger charge is -2.45. The second kappa shape index (κ2) is 10.9. The van der Waals surface area contributed by atoms with Gasteiger partial charge >= 0.3 is 12.4 Å². The van der Waals surface area contributed by atoms with Crippen LogP contribution >= 0.6 is 0 Å². The number of carbonyl (C=O) groups excluding carboxylic acids is 1. The molecule has 0 radical (unpaired) electrons. The number of piperidine rings is 1. The molecule has 0 spiro atoms. The Kier molecular flexibility index (Phi) is 7.95. The molecule has 1 saturated heterocycles. The van der Waals surface area contributed by atoms with E-state index < -0.39 is 40.8 Å². The number of aromatic nitrogens is 3. The van der Waals surface area contributed by atoms with Crippen molar-refractivity contribution < 1.29 is 40.6 Å². The van der Waals surface area contributed by atoms with Crippen LogP contribution in [0.2, 0.25) is 0 Å². The maximum atomic E-state index is 13.2. The number of ether oxygens (including phenoxy) is 2. The first-order valence-corrected chi connectivity index (χ1v) is 12.0. The number of nitrogens with one attached hydrogen (secondary N) is 2. The van der Waals surface area contributed by atoms with Crippen molar-refractivity contribution in [1.29, 1.82) is 0 Å². The van der Waals surface area contributed by atoms with E-state index in [1.54, 1.807) is 12.1 Å². The Morgan fingerprint density at radius 3 is 2.72 bits per heavy atom. The normalized spacial score (nSPS) is 19.9. The minimum atomic E-state index is -4.89. The van der Waals surface area contributed by atoms with Crippen LogP contribution in [-0.2, 0) is 21.9 Å². The zero-order chi connectivity index (χ0) is 28.5. The lowest BCUT2D eigenvalue weighted by molar-refractivity contribution is -0.138. The van der Waals surface area contributed by atoms with Gasteiger partial charge in [0.2, 0.25) is 5.91 Å². The first kappa shape index (κ1) is 28.4. The number of rotatable bonds is 7. The van der Waals surface area contributed by atoms with Crippen molar-refractivity contribution in [3.63, 3.8) is 0 Å². The minimum absolute atomic E-state index is 0.0679. The zero-order valence-corrected chi connectivity index (χ0v) is 20.9. The summed E-state index contributed by atoms with van der Waals surface area (Å²) in [7, 11) is 1.61. The number of pyridine rings is 1. The van der Waals surface area contributed by atoms with E-state index in [2.05, 4.69) is 15.4 Å². The molecule has 0 aliphatic carbocycles. The van der Waals surface area contributed by atoms with Gasteiger partial charge in [0.05, 0.1) is 30.1 Å². The van der Waals surface area contributed by atoms with Gasteiger partial charge in [-0.25, -0.2) is 10.1 Å². The maximum Gasteiger partial charge on any atom is 0.423 e. The summed E-state index contributed by atoms with van der Waals surface area (Å²) in [4.78, 5) is 31.7. The topological polar surface area (TPSA) is 113 Å². The first-order chi connectivity index (χ1) is 18.3. The molecular weight excluding hydrogens is 538 g/mol. The lowest BCUT2D eigenvalue weighted by Crippen LogP contribution is -2.54. The van der Waals surface area contributed by atoms with Gasteiger partial charge in [0.15, 0.2) is 11.6 Å². The Hall–Kier alpha value is -3.56. The van der Waals surface area contributed by atoms with Crippen LogP contribution in [0.5, 0.6) is 5.75 Å². The largest absolute Gasteiger partial charge is 0.488 e. The van der Waals surface area contributed by atoms with Gasteiger partial charge < -0.3 is 24.6 Å². The van der Waals surface area contributed by atoms with Crippen LogP contribution in [0, 0.1) is 0 Å². The first-order valence-electron chi connectivity index (χ1n) is 12.0. The maximum absolute atomic E-state index is 13.2. The summed E-state index contributed by atoms with van der Waals surface area (Å²) in [5, 5.41) is 7.67. The Bertz CT molecular complexity index is 1250. The summed E-state index contributed by atoms with van der Waals surface area (Å²) in [5.74, 6) is 0.0543. The van der Waals surface area contributed by atoms with Gasteiger partial charge in [0.25, 0.3) is 5.56 Å². The number of fused-ring (bicyclic) bond motifs is 3. The number of hydrogen-bond acceptors (Lipinski definition) is 8. The molecule has 16 heteroatoms. The van der Waals surface area contributed by atoms with E-state index in [0.29, 0.717) is 25.2 Å². The van der Waals surface area contributed by atoms with E-state index in [4.69, 9.17) is 9.47 Å². The highest BCUT2D eigenvalue weighted by Gasteiger charge is 2.40. The van der Waals surface area contributed by atoms with Crippen LogP contribution in [0.15, 0.2) is 23.3 Å². The number of amides is 1. The fourth-order valence-electron chi connectivity index (χ4n) is 4.64. The van der Waals surface area contributed by atoms with Gasteiger partial charge in [0.1, 0.15) is 18.8 Å². The zero-order valence-electron chi connectivity index (χ0n) is 20.9. The molecule has 3 atom stereocenters. The van der Waals surface area contributed by atoms with Crippen LogP contribution < -0.4 is 20.5 Å². The Labute approximate surface area is 218 Å². The lowest BCUT2D eigenvalue weighted by atomic mass is 9.95. The van der Waals surface area contributed by atoms with Crippen LogP contribution in [0.25, 0.3) is 0 Å². The van der Waals surface area contributed by atoms with Gasteiger partial charge in [-0.15, -0.1) is 0 Å². The highest BCUT2D eigenvalue weighted by Crippen LogP contribution is 2.40. The molecule has 214 valence electrons. The fraction of sp³-hybridized carbons (Fsp3) is 0.565. The molecule has 0 saturated carbocycles. The third-order valence-corrected chi connectivity index (χ3v) is 6.63. The third kappa shape index (κ3) is 6.37. The number of nitrogens with zero attached hydrogens (tertiary/aromatic N) is 4. The number of hydrogen-bond donors (Lipinski definition) is 2. The summed E-state index contributed by atoms with van der Waals surface area (Å²) >= 11 is 0. The highest BCUT2D eigenvalue weighted by molar-refractivity contribution is 5.77. The van der Waals surface area contributed by atoms with E-state index in [0.717, 1.165) is 18.5 Å². The van der Waals surface area contributed by atoms with Crippen molar-refractivity contribution in [3.8, 4) is 5.75 Å². The molecule has 2 N–H and O–H groups in total. The van der Waals surface area contributed by atoms with Crippen molar-refractivity contribution in [3.05, 3.63) is 39.9 Å². The average Bonchev–Trinajstić information content (AvgIpc) is 2.86. The Balaban J connectivity index is 1.28. The van der Waals surface area contributed by atoms with E-state index in [-0.39, 0.29) is 43.6 Å². The van der Waals surface area contributed by atoms with E-state index >= 15 is 0 Å². The van der Waals surface area contributed by atoms with Crippen molar-refractivity contribution in [1.82, 2.24) is 20.1 Å². The molecular formula is C23H26F6N6O4. The molecule has 0 aromatic carbocycles. The molecule has 2 aliphatic heterocycles. The predicted octanol–water partition coefficient (Wildman–Crippen LogP) is 2.91. The van der Waals surface area contributed by atoms with E-state index in [1.165, 1.54) is 11.8 Å². The summed E-state index contributed by atoms with van der Waals surface area (Å²) in [5.41, 5.74) is -4.17. The molecule has 0 bridgehead atoms. The van der Waals surface area contributed by atoms with Gasteiger partial charge in [-0.05, 0) is 25.8 Å². The molecule has 2 aliphatic rings. The molecule has 2 aromatic heterocycles. The summed E-state index contributed by atoms with van der Waals surface area (Å²) in [6.07, 6.45) is -6.76. The van der Waals surface area contributed by atoms with Crippen LogP contribution in [-0.4, -0.2) is 77.5 Å². The molecule has 4 heterocycles. The van der Waals surface area contributed by atoms with Gasteiger partial charge in [-0.3, -0.25) is 9.59 Å². The quantitative estimate of drug-likeness (QED) is 0.494. The number of H-pyrrole nitrogens is 1. The SMILES string of the molecule is C[C@@H](COCC(=O)N(C)C1CCN2c3ncc(C(F)(F)F)cc3OC[C@H]2C1)Nc1cn[nH]c(=O)c1C(F)(F)F. The molecule has 2 aromatic rings. The molecule has 4 rings (SSSR count). The standard InChI is InChI=1S/C23H26F6N6O4/c1-12(32-16-8-31-33-21(37)19(16)23(27,28)29)9-38-11-18(36)34(2)14-3-4-35-15(6-14)10-39-17-5-13(22(24,25)26)7-30-20(17)35/h5,7-8,12,14-15H,3-4,6,9-11H2,1-2H3,(H2,32,33,37)/t12-,14?,15+/m0/s1. The average molecular weight is 564 g/mol. The monoisotopic (exact) mass is 564 g/mol. The molecule has 10 nitrogen and oxygen atoms in total. The van der Waals surface area contributed by atoms with Gasteiger partial charge in [0, 0.05) is 31.9 Å². The van der Waals surface area contributed by atoms with Crippen LogP contribution in [0.3, 0.4) is 0 Å². The molecule has 39 heavy (non-hydrogen) atoms. The van der Waals surface area contributed by atoms with E-state index in [1.807, 2.05) is 4.90 Å². The summed E-state index contributed by atoms with van der Waals surface area (Å²) in [6, 6.07) is -0.120. The van der Waals surface area contributed by atoms with Crippen molar-refractivity contribution in [2.75, 3.05) is 43.6 Å². The summed E-state index contributed by atoms with van der Waals surface area (Å²) < 4.78 is 89.5. The number of anilines is 2. The second-order valence-corrected chi connectivity index (χ2v) is 9.43. The Morgan fingerprint density at radius 2 is 2.03 bits per heavy atom. The number of halogens is 6. The van der Waals surface area contributed by atoms with Gasteiger partial charge in [-0.2, -0.15) is 31.4 Å². The number of carbonyl (C=O) groups is 1. The number of alkyl halides is 6. The minimum Gasteiger partial charge on any atom is -0.488 e. The highest BCUT2D eigenvalue weighted by atomic mass is 19.4. The number of likely N-dealkylation sites (N-methyl/N-ethyl adjacent to an activating group) is 1. The van der Waals surface area contributed by atoms with E-state index in [9.17, 15) is 35.9 Å². The van der Waals surface area contributed by atoms with Crippen LogP contribution in [0.4, 0.5) is 37.8 Å². The number of aromatic amines is 1. The second-order valence-electron chi connectivity index (χ2n) is 9.43. The fourth-order valence-corrected chi connectivity index (χ4v) is 4.64. The molecule has 1 amide bonds. The molecule has 1 fully saturated rings. The van der Waals surface area contributed by atoms with Crippen molar-refractivity contribution in [2.45, 2.75) is 50.2 Å².